The first-order valence-corrected chi connectivity index (χ1v) is 13.8. The van der Waals surface area contributed by atoms with Gasteiger partial charge in [0.15, 0.2) is 17.2 Å². The fraction of sp³-hybridized carbons (Fsp3) is 0.114. The summed E-state index contributed by atoms with van der Waals surface area (Å²) < 4.78 is 18.2. The van der Waals surface area contributed by atoms with Crippen LogP contribution in [0.4, 0.5) is 11.4 Å². The lowest BCUT2D eigenvalue weighted by Gasteiger charge is -2.39. The van der Waals surface area contributed by atoms with Crippen LogP contribution in [-0.4, -0.2) is 41.9 Å². The smallest absolute Gasteiger partial charge is 0.338 e. The van der Waals surface area contributed by atoms with Crippen LogP contribution >= 0.6 is 0 Å². The Balaban J connectivity index is 1.56. The molecule has 3 aliphatic rings. The van der Waals surface area contributed by atoms with Crippen LogP contribution in [0, 0.1) is 13.8 Å². The van der Waals surface area contributed by atoms with Crippen molar-refractivity contribution in [2.24, 2.45) is 4.99 Å². The molecule has 4 aromatic rings. The number of anilines is 1. The Morgan fingerprint density at radius 3 is 2.11 bits per heavy atom. The van der Waals surface area contributed by atoms with Crippen molar-refractivity contribution in [2.75, 3.05) is 12.4 Å². The number of aliphatic imine (C=N–C) groups is 1. The molecule has 216 valence electrons. The molecule has 0 radical (unpaired) electrons. The van der Waals surface area contributed by atoms with Gasteiger partial charge < -0.3 is 19.5 Å². The minimum atomic E-state index is -2.33. The summed E-state index contributed by atoms with van der Waals surface area (Å²) in [5, 5.41) is 3.13. The van der Waals surface area contributed by atoms with Gasteiger partial charge in [-0.1, -0.05) is 54.6 Å². The van der Waals surface area contributed by atoms with E-state index in [9.17, 15) is 19.2 Å². The minimum Gasteiger partial charge on any atom is -0.465 e. The maximum Gasteiger partial charge on any atom is 0.338 e. The number of rotatable bonds is 3. The molecule has 0 amide bonds. The van der Waals surface area contributed by atoms with Crippen molar-refractivity contribution in [1.82, 2.24) is 0 Å². The highest BCUT2D eigenvalue weighted by Gasteiger charge is 2.58. The van der Waals surface area contributed by atoms with Gasteiger partial charge in [-0.3, -0.25) is 14.4 Å². The highest BCUT2D eigenvalue weighted by Crippen LogP contribution is 2.48. The minimum absolute atomic E-state index is 0.0127. The number of fused-ring (bicyclic) bond motifs is 4. The molecule has 1 aliphatic carbocycles. The number of methoxy groups -OCH3 is 1. The number of Topliss-reactive ketones (excluding diaryl/α,β-unsaturated/α-hetero) is 3. The molecule has 1 unspecified atom stereocenters. The lowest BCUT2D eigenvalue weighted by molar-refractivity contribution is -0.0203. The number of nitrogens with zero attached hydrogens (tertiary/aromatic N) is 1. The molecule has 9 nitrogen and oxygen atoms in total. The molecule has 2 heterocycles. The van der Waals surface area contributed by atoms with Gasteiger partial charge in [-0.2, -0.15) is 0 Å². The monoisotopic (exact) mass is 584 g/mol. The second kappa shape index (κ2) is 9.88. The summed E-state index contributed by atoms with van der Waals surface area (Å²) in [6.07, 6.45) is 0. The topological polar surface area (TPSA) is 120 Å². The number of benzene rings is 4. The quantitative estimate of drug-likeness (QED) is 0.231. The second-order valence-corrected chi connectivity index (χ2v) is 10.7. The summed E-state index contributed by atoms with van der Waals surface area (Å²) in [5.74, 6) is -4.43. The van der Waals surface area contributed by atoms with Gasteiger partial charge in [0, 0.05) is 16.7 Å². The first kappa shape index (κ1) is 27.0. The largest absolute Gasteiger partial charge is 0.465 e. The third kappa shape index (κ3) is 3.97. The van der Waals surface area contributed by atoms with Crippen LogP contribution in [0.15, 0.2) is 101 Å². The Kier molecular flexibility index (Phi) is 6.07. The molecule has 2 aliphatic heterocycles. The van der Waals surface area contributed by atoms with Crippen molar-refractivity contribution in [3.05, 3.63) is 130 Å². The van der Waals surface area contributed by atoms with E-state index in [0.29, 0.717) is 11.4 Å². The van der Waals surface area contributed by atoms with Crippen LogP contribution in [0.25, 0.3) is 0 Å². The number of aryl methyl sites for hydroxylation is 2. The average molecular weight is 585 g/mol. The molecule has 4 aromatic carbocycles. The summed E-state index contributed by atoms with van der Waals surface area (Å²) in [6, 6.07) is 23.0. The van der Waals surface area contributed by atoms with E-state index in [1.54, 1.807) is 72.8 Å². The molecule has 9 heteroatoms. The van der Waals surface area contributed by atoms with E-state index in [-0.39, 0.29) is 50.7 Å². The Morgan fingerprint density at radius 1 is 0.773 bits per heavy atom. The van der Waals surface area contributed by atoms with E-state index in [0.717, 1.165) is 11.1 Å². The van der Waals surface area contributed by atoms with E-state index < -0.39 is 29.1 Å². The van der Waals surface area contributed by atoms with Gasteiger partial charge in [-0.05, 0) is 55.3 Å². The van der Waals surface area contributed by atoms with Gasteiger partial charge in [0.05, 0.1) is 18.4 Å². The number of ketones is 3. The third-order valence-corrected chi connectivity index (χ3v) is 7.80. The van der Waals surface area contributed by atoms with Gasteiger partial charge in [-0.25, -0.2) is 9.79 Å². The average Bonchev–Trinajstić information content (AvgIpc) is 3.17. The summed E-state index contributed by atoms with van der Waals surface area (Å²) in [5.41, 5.74) is 2.01. The zero-order valence-corrected chi connectivity index (χ0v) is 23.9. The molecule has 1 atom stereocenters. The Hall–Kier alpha value is -5.83. The second-order valence-electron chi connectivity index (χ2n) is 10.7. The van der Waals surface area contributed by atoms with Crippen molar-refractivity contribution in [3.63, 3.8) is 0 Å². The van der Waals surface area contributed by atoms with Crippen molar-refractivity contribution in [3.8, 4) is 11.5 Å². The van der Waals surface area contributed by atoms with Crippen molar-refractivity contribution in [1.29, 1.82) is 0 Å². The number of hydrogen-bond acceptors (Lipinski definition) is 9. The van der Waals surface area contributed by atoms with E-state index in [1.165, 1.54) is 19.2 Å². The molecule has 0 fully saturated rings. The maximum atomic E-state index is 14.7. The maximum absolute atomic E-state index is 14.7. The highest BCUT2D eigenvalue weighted by atomic mass is 16.7. The van der Waals surface area contributed by atoms with E-state index in [4.69, 9.17) is 19.2 Å². The molecule has 0 saturated carbocycles. The molecule has 7 rings (SSSR count). The number of hydrogen-bond donors (Lipinski definition) is 1. The summed E-state index contributed by atoms with van der Waals surface area (Å²) >= 11 is 0. The van der Waals surface area contributed by atoms with Gasteiger partial charge in [0.2, 0.25) is 11.6 Å². The van der Waals surface area contributed by atoms with Gasteiger partial charge in [0.25, 0.3) is 0 Å². The molecule has 1 spiro atoms. The van der Waals surface area contributed by atoms with Crippen molar-refractivity contribution in [2.45, 2.75) is 19.6 Å². The van der Waals surface area contributed by atoms with Crippen molar-refractivity contribution >= 4 is 40.4 Å². The fourth-order valence-corrected chi connectivity index (χ4v) is 5.71. The van der Waals surface area contributed by atoms with Crippen LogP contribution in [0.1, 0.15) is 52.6 Å². The van der Waals surface area contributed by atoms with E-state index in [1.807, 2.05) is 13.8 Å². The zero-order chi connectivity index (χ0) is 30.7. The summed E-state index contributed by atoms with van der Waals surface area (Å²) in [4.78, 5) is 60.8. The number of esters is 1. The Morgan fingerprint density at radius 2 is 1.39 bits per heavy atom. The molecular formula is C35H24N2O7. The fourth-order valence-electron chi connectivity index (χ4n) is 5.71. The lowest BCUT2D eigenvalue weighted by Crippen LogP contribution is -2.58. The molecule has 0 aromatic heterocycles. The standard InChI is InChI=1S/C35H24N2O7/c1-18-12-14-26-24(16-18)36-29-28(30(38)20-8-4-5-9-21(20)31(29)39)35(43-26)33(37-25-17-19(2)13-15-27(25)44-35)32(40)22-10-6-7-11-23(22)34(41)42-3/h4-17,36H,1-3H3. The highest BCUT2D eigenvalue weighted by molar-refractivity contribution is 6.52. The number of carbonyl (C=O) groups is 4. The first-order valence-electron chi connectivity index (χ1n) is 13.8. The zero-order valence-electron chi connectivity index (χ0n) is 23.9. The number of allylic oxidation sites excluding steroid dienone is 1. The summed E-state index contributed by atoms with van der Waals surface area (Å²) in [6.45, 7) is 3.73. The molecule has 0 bridgehead atoms. The lowest BCUT2D eigenvalue weighted by atomic mass is 9.80. The van der Waals surface area contributed by atoms with Crippen LogP contribution in [0.3, 0.4) is 0 Å². The summed E-state index contributed by atoms with van der Waals surface area (Å²) in [7, 11) is 1.21. The predicted molar refractivity (Wildman–Crippen MR) is 161 cm³/mol. The van der Waals surface area contributed by atoms with Gasteiger partial charge >= 0.3 is 11.8 Å². The van der Waals surface area contributed by atoms with Crippen LogP contribution in [-0.2, 0) is 4.74 Å². The number of nitrogens with one attached hydrogen (secondary N) is 1. The molecular weight excluding hydrogens is 560 g/mol. The molecule has 44 heavy (non-hydrogen) atoms. The Labute approximate surface area is 251 Å². The molecule has 1 N–H and O–H groups in total. The Bertz CT molecular complexity index is 2040. The van der Waals surface area contributed by atoms with Crippen LogP contribution < -0.4 is 14.8 Å². The molecule has 0 saturated heterocycles. The van der Waals surface area contributed by atoms with Gasteiger partial charge in [-0.15, -0.1) is 0 Å². The SMILES string of the molecule is COC(=O)c1ccccc1C(=O)C1=Nc2cc(C)ccc2OC12Oc1ccc(C)cc1NC1=C2C(=O)c2ccccc2C1=O. The van der Waals surface area contributed by atoms with E-state index in [2.05, 4.69) is 5.32 Å². The van der Waals surface area contributed by atoms with Crippen LogP contribution in [0.5, 0.6) is 11.5 Å². The number of carbonyl (C=O) groups excluding carboxylic acids is 4. The van der Waals surface area contributed by atoms with Gasteiger partial charge in [0.1, 0.15) is 22.7 Å². The first-order chi connectivity index (χ1) is 21.2. The van der Waals surface area contributed by atoms with E-state index >= 15 is 0 Å². The number of ether oxygens (including phenoxy) is 3. The van der Waals surface area contributed by atoms with Crippen LogP contribution in [0.2, 0.25) is 0 Å². The third-order valence-electron chi connectivity index (χ3n) is 7.80. The predicted octanol–water partition coefficient (Wildman–Crippen LogP) is 5.97. The normalized spacial score (nSPS) is 17.9. The van der Waals surface area contributed by atoms with Crippen molar-refractivity contribution < 1.29 is 33.4 Å².